The van der Waals surface area contributed by atoms with Crippen LogP contribution in [0.15, 0.2) is 24.4 Å². The van der Waals surface area contributed by atoms with Gasteiger partial charge in [0.15, 0.2) is 0 Å². The molecule has 1 saturated heterocycles. The predicted octanol–water partition coefficient (Wildman–Crippen LogP) is 4.23. The Balaban J connectivity index is 1.89. The molecule has 1 N–H and O–H groups in total. The van der Waals surface area contributed by atoms with Gasteiger partial charge >= 0.3 is 0 Å². The van der Waals surface area contributed by atoms with Gasteiger partial charge in [-0.05, 0) is 56.0 Å². The lowest BCUT2D eigenvalue weighted by Crippen LogP contribution is -2.54. The zero-order valence-electron chi connectivity index (χ0n) is 12.0. The minimum atomic E-state index is 0.305. The summed E-state index contributed by atoms with van der Waals surface area (Å²) in [6.45, 7) is 4.82. The van der Waals surface area contributed by atoms with Gasteiger partial charge in [-0.25, -0.2) is 0 Å². The number of fused-ring (bicyclic) bond motifs is 2. The fraction of sp³-hybridized carbons (Fsp3) is 0.529. The standard InChI is InChI=1S/C17H21IN2/c1-2-8-20-9-4-7-17(18)13-5-3-6-14-16(13)12(11-19-14)10-15(17)20/h3,5-6,11,15,19H,2,4,7-10H2,1H3/t15-,17?/m1/s1. The van der Waals surface area contributed by atoms with Crippen LogP contribution in [0.25, 0.3) is 10.9 Å². The lowest BCUT2D eigenvalue weighted by molar-refractivity contribution is 0.116. The molecule has 0 spiro atoms. The van der Waals surface area contributed by atoms with Crippen LogP contribution in [0.4, 0.5) is 0 Å². The van der Waals surface area contributed by atoms with E-state index in [4.69, 9.17) is 0 Å². The van der Waals surface area contributed by atoms with E-state index in [9.17, 15) is 0 Å². The molecule has 2 atom stereocenters. The molecule has 20 heavy (non-hydrogen) atoms. The first-order valence-corrected chi connectivity index (χ1v) is 8.84. The van der Waals surface area contributed by atoms with E-state index in [1.165, 1.54) is 55.2 Å². The highest BCUT2D eigenvalue weighted by Crippen LogP contribution is 2.52. The van der Waals surface area contributed by atoms with E-state index in [0.717, 1.165) is 0 Å². The number of alkyl halides is 1. The van der Waals surface area contributed by atoms with Crippen molar-refractivity contribution in [3.05, 3.63) is 35.5 Å². The Morgan fingerprint density at radius 3 is 3.20 bits per heavy atom. The van der Waals surface area contributed by atoms with Gasteiger partial charge < -0.3 is 4.98 Å². The molecule has 1 aliphatic carbocycles. The summed E-state index contributed by atoms with van der Waals surface area (Å²) in [5.41, 5.74) is 4.42. The van der Waals surface area contributed by atoms with Crippen LogP contribution >= 0.6 is 22.6 Å². The third kappa shape index (κ3) is 1.72. The predicted molar refractivity (Wildman–Crippen MR) is 92.6 cm³/mol. The van der Waals surface area contributed by atoms with E-state index in [1.807, 2.05) is 0 Å². The van der Waals surface area contributed by atoms with Crippen molar-refractivity contribution in [1.82, 2.24) is 9.88 Å². The molecule has 0 bridgehead atoms. The lowest BCUT2D eigenvalue weighted by Gasteiger charge is -2.50. The van der Waals surface area contributed by atoms with Crippen molar-refractivity contribution in [2.45, 2.75) is 42.1 Å². The number of rotatable bonds is 2. The lowest BCUT2D eigenvalue weighted by atomic mass is 9.75. The highest BCUT2D eigenvalue weighted by molar-refractivity contribution is 14.1. The first-order chi connectivity index (χ1) is 9.74. The van der Waals surface area contributed by atoms with Gasteiger partial charge in [-0.2, -0.15) is 0 Å². The summed E-state index contributed by atoms with van der Waals surface area (Å²) in [5, 5.41) is 1.51. The first kappa shape index (κ1) is 13.1. The SMILES string of the molecule is CCCN1CCCC2(I)c3cccc4[nH]cc(c34)C[C@@H]12. The Labute approximate surface area is 134 Å². The first-order valence-electron chi connectivity index (χ1n) is 7.76. The quantitative estimate of drug-likeness (QED) is 0.610. The molecule has 0 amide bonds. The summed E-state index contributed by atoms with van der Waals surface area (Å²) in [7, 11) is 0. The summed E-state index contributed by atoms with van der Waals surface area (Å²) in [6.07, 6.45) is 7.36. The smallest absolute Gasteiger partial charge is 0.0635 e. The molecule has 1 aliphatic heterocycles. The van der Waals surface area contributed by atoms with Gasteiger partial charge in [0, 0.05) is 23.1 Å². The van der Waals surface area contributed by atoms with Crippen molar-refractivity contribution in [3.63, 3.8) is 0 Å². The van der Waals surface area contributed by atoms with E-state index in [-0.39, 0.29) is 0 Å². The number of aromatic amines is 1. The molecular weight excluding hydrogens is 359 g/mol. The molecule has 4 rings (SSSR count). The van der Waals surface area contributed by atoms with E-state index in [1.54, 1.807) is 5.56 Å². The molecule has 2 aromatic rings. The highest BCUT2D eigenvalue weighted by atomic mass is 127. The van der Waals surface area contributed by atoms with E-state index < -0.39 is 0 Å². The zero-order valence-corrected chi connectivity index (χ0v) is 14.1. The van der Waals surface area contributed by atoms with Crippen LogP contribution in [-0.4, -0.2) is 29.0 Å². The number of halogens is 1. The van der Waals surface area contributed by atoms with Crippen molar-refractivity contribution in [3.8, 4) is 0 Å². The molecule has 0 radical (unpaired) electrons. The van der Waals surface area contributed by atoms with E-state index in [0.29, 0.717) is 9.46 Å². The third-order valence-electron chi connectivity index (χ3n) is 5.11. The number of benzene rings is 1. The second-order valence-electron chi connectivity index (χ2n) is 6.26. The van der Waals surface area contributed by atoms with Crippen LogP contribution in [0.1, 0.15) is 37.3 Å². The third-order valence-corrected chi connectivity index (χ3v) is 6.95. The highest BCUT2D eigenvalue weighted by Gasteiger charge is 2.47. The monoisotopic (exact) mass is 380 g/mol. The van der Waals surface area contributed by atoms with Gasteiger partial charge in [0.05, 0.1) is 3.42 Å². The van der Waals surface area contributed by atoms with Crippen LogP contribution in [0, 0.1) is 0 Å². The molecule has 2 nitrogen and oxygen atoms in total. The largest absolute Gasteiger partial charge is 0.361 e. The minimum absolute atomic E-state index is 0.305. The fourth-order valence-corrected chi connectivity index (χ4v) is 5.73. The summed E-state index contributed by atoms with van der Waals surface area (Å²) >= 11 is 2.77. The van der Waals surface area contributed by atoms with Gasteiger partial charge in [0.2, 0.25) is 0 Å². The molecule has 2 aliphatic rings. The average molecular weight is 380 g/mol. The van der Waals surface area contributed by atoms with Crippen molar-refractivity contribution in [1.29, 1.82) is 0 Å². The Kier molecular flexibility index (Phi) is 3.11. The van der Waals surface area contributed by atoms with Crippen LogP contribution in [0.3, 0.4) is 0 Å². The van der Waals surface area contributed by atoms with Crippen molar-refractivity contribution >= 4 is 33.5 Å². The maximum Gasteiger partial charge on any atom is 0.0635 e. The van der Waals surface area contributed by atoms with Gasteiger partial charge in [-0.1, -0.05) is 41.6 Å². The van der Waals surface area contributed by atoms with Gasteiger partial charge in [0.1, 0.15) is 0 Å². The average Bonchev–Trinajstić information content (AvgIpc) is 2.86. The molecule has 1 aromatic carbocycles. The summed E-state index contributed by atoms with van der Waals surface area (Å²) < 4.78 is 0.305. The van der Waals surface area contributed by atoms with Crippen LogP contribution in [0.2, 0.25) is 0 Å². The zero-order chi connectivity index (χ0) is 13.7. The summed E-state index contributed by atoms with van der Waals surface area (Å²) in [5.74, 6) is 0. The summed E-state index contributed by atoms with van der Waals surface area (Å²) in [4.78, 5) is 6.21. The molecule has 1 fully saturated rings. The molecule has 106 valence electrons. The number of piperidine rings is 1. The van der Waals surface area contributed by atoms with Crippen molar-refractivity contribution in [2.75, 3.05) is 13.1 Å². The van der Waals surface area contributed by atoms with E-state index >= 15 is 0 Å². The Bertz CT molecular complexity index is 645. The molecule has 1 unspecified atom stereocenters. The van der Waals surface area contributed by atoms with Gasteiger partial charge in [-0.15, -0.1) is 0 Å². The van der Waals surface area contributed by atoms with Crippen molar-refractivity contribution in [2.24, 2.45) is 0 Å². The van der Waals surface area contributed by atoms with Crippen LogP contribution in [0.5, 0.6) is 0 Å². The van der Waals surface area contributed by atoms with Crippen LogP contribution in [-0.2, 0) is 9.84 Å². The Hall–Kier alpha value is -0.550. The molecule has 3 heteroatoms. The van der Waals surface area contributed by atoms with Gasteiger partial charge in [0.25, 0.3) is 0 Å². The van der Waals surface area contributed by atoms with Crippen LogP contribution < -0.4 is 0 Å². The second-order valence-corrected chi connectivity index (χ2v) is 8.19. The number of likely N-dealkylation sites (tertiary alicyclic amines) is 1. The Morgan fingerprint density at radius 1 is 1.45 bits per heavy atom. The maximum absolute atomic E-state index is 3.47. The maximum atomic E-state index is 3.47. The number of H-pyrrole nitrogens is 1. The molecule has 1 aromatic heterocycles. The molecule has 0 saturated carbocycles. The van der Waals surface area contributed by atoms with Gasteiger partial charge in [-0.3, -0.25) is 4.90 Å². The van der Waals surface area contributed by atoms with Crippen molar-refractivity contribution < 1.29 is 0 Å². The Morgan fingerprint density at radius 2 is 2.35 bits per heavy atom. The van der Waals surface area contributed by atoms with E-state index in [2.05, 4.69) is 63.8 Å². The number of nitrogens with zero attached hydrogens (tertiary/aromatic N) is 1. The number of aromatic nitrogens is 1. The minimum Gasteiger partial charge on any atom is -0.361 e. The molecular formula is C17H21IN2. The second kappa shape index (κ2) is 4.73. The number of nitrogens with one attached hydrogen (secondary N) is 1. The number of hydrogen-bond acceptors (Lipinski definition) is 1. The number of hydrogen-bond donors (Lipinski definition) is 1. The fourth-order valence-electron chi connectivity index (χ4n) is 4.28. The molecule has 2 heterocycles. The normalized spacial score (nSPS) is 29.6. The summed E-state index contributed by atoms with van der Waals surface area (Å²) in [6, 6.07) is 7.48. The topological polar surface area (TPSA) is 19.0 Å².